The Kier molecular flexibility index (Phi) is 7.55. The van der Waals surface area contributed by atoms with Crippen molar-refractivity contribution >= 4 is 12.1 Å². The van der Waals surface area contributed by atoms with E-state index in [4.69, 9.17) is 10.5 Å². The normalized spacial score (nSPS) is 11.1. The number of halogens is 1. The first-order valence-electron chi connectivity index (χ1n) is 5.57. The number of nitrogens with zero attached hydrogens (tertiary/aromatic N) is 1. The highest BCUT2D eigenvalue weighted by Crippen LogP contribution is 2.01. The molecule has 3 amide bonds. The van der Waals surface area contributed by atoms with Crippen molar-refractivity contribution in [1.29, 1.82) is 0 Å². The third-order valence-corrected chi connectivity index (χ3v) is 2.41. The van der Waals surface area contributed by atoms with Gasteiger partial charge >= 0.3 is 12.1 Å². The van der Waals surface area contributed by atoms with Gasteiger partial charge in [0.05, 0.1) is 0 Å². The Morgan fingerprint density at radius 3 is 2.47 bits per heavy atom. The van der Waals surface area contributed by atoms with E-state index < -0.39 is 12.1 Å². The second-order valence-electron chi connectivity index (χ2n) is 4.03. The third kappa shape index (κ3) is 6.08. The monoisotopic (exact) mass is 287 g/mol. The Balaban J connectivity index is 0.00000324. The van der Waals surface area contributed by atoms with Crippen molar-refractivity contribution in [3.05, 3.63) is 35.9 Å². The van der Waals surface area contributed by atoms with Crippen molar-refractivity contribution in [3.63, 3.8) is 0 Å². The van der Waals surface area contributed by atoms with E-state index in [1.54, 1.807) is 0 Å². The minimum Gasteiger partial charge on any atom is -1.00 e. The van der Waals surface area contributed by atoms with Crippen LogP contribution in [-0.4, -0.2) is 36.7 Å². The van der Waals surface area contributed by atoms with E-state index in [2.05, 4.69) is 5.73 Å². The minimum absolute atomic E-state index is 0. The molecule has 1 atom stereocenters. The number of carbonyl (C=O) groups is 2. The summed E-state index contributed by atoms with van der Waals surface area (Å²) < 4.78 is 4.92. The Morgan fingerprint density at radius 1 is 1.37 bits per heavy atom. The number of quaternary nitrogens is 1. The van der Waals surface area contributed by atoms with Gasteiger partial charge < -0.3 is 28.6 Å². The van der Waals surface area contributed by atoms with Crippen molar-refractivity contribution in [3.8, 4) is 0 Å². The van der Waals surface area contributed by atoms with Gasteiger partial charge in [0, 0.05) is 13.5 Å². The molecule has 0 aromatic heterocycles. The zero-order chi connectivity index (χ0) is 13.5. The van der Waals surface area contributed by atoms with Crippen molar-refractivity contribution in [2.45, 2.75) is 12.5 Å². The molecule has 0 radical (unpaired) electrons. The number of hydrogen-bond acceptors (Lipinski definition) is 3. The number of rotatable bonds is 4. The van der Waals surface area contributed by atoms with Gasteiger partial charge in [0.25, 0.3) is 0 Å². The number of amides is 3. The van der Waals surface area contributed by atoms with E-state index in [0.29, 0.717) is 6.42 Å². The lowest BCUT2D eigenvalue weighted by Crippen LogP contribution is -3.00. The molecule has 0 saturated heterocycles. The average molecular weight is 288 g/mol. The van der Waals surface area contributed by atoms with Gasteiger partial charge in [-0.25, -0.2) is 14.5 Å². The molecule has 0 aliphatic carbocycles. The molecule has 1 aromatic carbocycles. The predicted molar refractivity (Wildman–Crippen MR) is 65.5 cm³/mol. The quantitative estimate of drug-likeness (QED) is 0.617. The lowest BCUT2D eigenvalue weighted by atomic mass is 10.1. The molecule has 0 fully saturated rings. The highest BCUT2D eigenvalue weighted by atomic mass is 35.5. The number of imide groups is 1. The van der Waals surface area contributed by atoms with Gasteiger partial charge in [-0.2, -0.15) is 0 Å². The Labute approximate surface area is 118 Å². The molecule has 0 aliphatic heterocycles. The summed E-state index contributed by atoms with van der Waals surface area (Å²) in [5.41, 5.74) is 9.96. The summed E-state index contributed by atoms with van der Waals surface area (Å²) in [6.07, 6.45) is -0.0572. The van der Waals surface area contributed by atoms with Crippen molar-refractivity contribution in [2.75, 3.05) is 13.7 Å². The molecule has 6 nitrogen and oxygen atoms in total. The maximum atomic E-state index is 11.3. The highest BCUT2D eigenvalue weighted by Gasteiger charge is 2.17. The number of carbonyl (C=O) groups excluding carboxylic acids is 2. The van der Waals surface area contributed by atoms with E-state index in [1.165, 1.54) is 7.05 Å². The summed E-state index contributed by atoms with van der Waals surface area (Å²) in [4.78, 5) is 22.7. The van der Waals surface area contributed by atoms with Crippen LogP contribution in [0.25, 0.3) is 0 Å². The Hall–Kier alpha value is -1.79. The molecule has 0 spiro atoms. The van der Waals surface area contributed by atoms with E-state index in [0.717, 1.165) is 10.5 Å². The molecule has 0 bridgehead atoms. The second kappa shape index (κ2) is 8.34. The van der Waals surface area contributed by atoms with Gasteiger partial charge in [-0.05, 0) is 5.56 Å². The van der Waals surface area contributed by atoms with Crippen LogP contribution < -0.4 is 23.9 Å². The highest BCUT2D eigenvalue weighted by molar-refractivity contribution is 5.89. The molecule has 0 unspecified atom stereocenters. The molecular weight excluding hydrogens is 270 g/mol. The summed E-state index contributed by atoms with van der Waals surface area (Å²) in [6.45, 7) is 0.144. The van der Waals surface area contributed by atoms with Gasteiger partial charge in [-0.1, -0.05) is 30.3 Å². The predicted octanol–water partition coefficient (Wildman–Crippen LogP) is -3.01. The van der Waals surface area contributed by atoms with Gasteiger partial charge in [0.2, 0.25) is 0 Å². The lowest BCUT2D eigenvalue weighted by Gasteiger charge is -2.14. The fraction of sp³-hybridized carbons (Fsp3) is 0.333. The maximum absolute atomic E-state index is 11.3. The molecule has 1 rings (SSSR count). The van der Waals surface area contributed by atoms with Crippen molar-refractivity contribution in [2.24, 2.45) is 5.73 Å². The molecule has 0 aliphatic rings. The van der Waals surface area contributed by atoms with E-state index in [9.17, 15) is 9.59 Å². The molecule has 106 valence electrons. The number of urea groups is 1. The van der Waals surface area contributed by atoms with Crippen LogP contribution in [0.3, 0.4) is 0 Å². The second-order valence-corrected chi connectivity index (χ2v) is 4.03. The maximum Gasteiger partial charge on any atom is 0.417 e. The van der Waals surface area contributed by atoms with Crippen LogP contribution in [-0.2, 0) is 11.2 Å². The summed E-state index contributed by atoms with van der Waals surface area (Å²) in [7, 11) is 1.26. The number of hydrogen-bond donors (Lipinski definition) is 2. The van der Waals surface area contributed by atoms with Crippen LogP contribution in [0.4, 0.5) is 9.59 Å². The van der Waals surface area contributed by atoms with Crippen LogP contribution in [0.5, 0.6) is 0 Å². The molecule has 5 N–H and O–H groups in total. The number of nitrogens with two attached hydrogens (primary N) is 1. The molecule has 0 heterocycles. The van der Waals surface area contributed by atoms with E-state index in [1.807, 2.05) is 30.3 Å². The number of benzene rings is 1. The summed E-state index contributed by atoms with van der Waals surface area (Å²) in [5.74, 6) is 0. The molecule has 19 heavy (non-hydrogen) atoms. The smallest absolute Gasteiger partial charge is 0.417 e. The molecule has 1 aromatic rings. The van der Waals surface area contributed by atoms with E-state index in [-0.39, 0.29) is 25.1 Å². The Morgan fingerprint density at radius 2 is 1.95 bits per heavy atom. The van der Waals surface area contributed by atoms with Crippen LogP contribution >= 0.6 is 0 Å². The molecular formula is C12H18ClN3O3. The van der Waals surface area contributed by atoms with E-state index >= 15 is 0 Å². The van der Waals surface area contributed by atoms with Crippen LogP contribution in [0.15, 0.2) is 30.3 Å². The number of ether oxygens (including phenoxy) is 1. The summed E-state index contributed by atoms with van der Waals surface area (Å²) in [5, 5.41) is 0. The van der Waals surface area contributed by atoms with Crippen LogP contribution in [0.2, 0.25) is 0 Å². The van der Waals surface area contributed by atoms with Crippen LogP contribution in [0, 0.1) is 0 Å². The first-order valence-corrected chi connectivity index (χ1v) is 5.57. The largest absolute Gasteiger partial charge is 1.00 e. The first kappa shape index (κ1) is 17.2. The minimum atomic E-state index is -0.844. The fourth-order valence-electron chi connectivity index (χ4n) is 1.38. The zero-order valence-corrected chi connectivity index (χ0v) is 11.5. The van der Waals surface area contributed by atoms with Gasteiger partial charge in [-0.3, -0.25) is 0 Å². The van der Waals surface area contributed by atoms with Gasteiger partial charge in [-0.15, -0.1) is 0 Å². The average Bonchev–Trinajstić information content (AvgIpc) is 2.36. The third-order valence-electron chi connectivity index (χ3n) is 2.41. The standard InChI is InChI=1S/C12H17N3O3.ClH/c1-15(11(14)16)12(17)18-8-10(13)7-9-5-3-2-4-6-9;/h2-6,10H,7-8,13H2,1H3,(H2,14,16);1H/t10-;/m1./s1. The fourth-order valence-corrected chi connectivity index (χ4v) is 1.38. The summed E-state index contributed by atoms with van der Waals surface area (Å²) >= 11 is 0. The van der Waals surface area contributed by atoms with Gasteiger partial charge in [0.1, 0.15) is 12.6 Å². The first-order chi connectivity index (χ1) is 8.50. The number of primary amides is 1. The van der Waals surface area contributed by atoms with Crippen LogP contribution in [0.1, 0.15) is 5.56 Å². The lowest BCUT2D eigenvalue weighted by molar-refractivity contribution is -0.424. The van der Waals surface area contributed by atoms with Crippen molar-refractivity contribution < 1.29 is 32.5 Å². The summed E-state index contributed by atoms with van der Waals surface area (Å²) in [6, 6.07) is 8.86. The molecule has 0 saturated carbocycles. The SMILES string of the molecule is CN(C(N)=O)C(=O)OC[C@H]([NH3+])Cc1ccccc1.[Cl-]. The van der Waals surface area contributed by atoms with Gasteiger partial charge in [0.15, 0.2) is 0 Å². The topological polar surface area (TPSA) is 100 Å². The molecule has 7 heteroatoms. The Bertz CT molecular complexity index is 414. The van der Waals surface area contributed by atoms with Crippen molar-refractivity contribution in [1.82, 2.24) is 4.90 Å². The zero-order valence-electron chi connectivity index (χ0n) is 10.7.